The molecule has 0 spiro atoms. The van der Waals surface area contributed by atoms with Crippen molar-refractivity contribution in [3.63, 3.8) is 0 Å². The van der Waals surface area contributed by atoms with Gasteiger partial charge in [0.2, 0.25) is 0 Å². The van der Waals surface area contributed by atoms with E-state index in [1.165, 1.54) is 167 Å². The van der Waals surface area contributed by atoms with Gasteiger partial charge in [-0.2, -0.15) is 0 Å². The van der Waals surface area contributed by atoms with Gasteiger partial charge in [0, 0.05) is 19.3 Å². The molecular formula is C51H98O6. The highest BCUT2D eigenvalue weighted by molar-refractivity contribution is 5.71. The van der Waals surface area contributed by atoms with Gasteiger partial charge >= 0.3 is 17.9 Å². The molecule has 1 atom stereocenters. The summed E-state index contributed by atoms with van der Waals surface area (Å²) in [5, 5.41) is 0. The predicted octanol–water partition coefficient (Wildman–Crippen LogP) is 16.1. The first kappa shape index (κ1) is 55.4. The summed E-state index contributed by atoms with van der Waals surface area (Å²) in [6.07, 6.45) is 43.9. The molecule has 0 bridgehead atoms. The Kier molecular flexibility index (Phi) is 42.7. The van der Waals surface area contributed by atoms with Crippen molar-refractivity contribution < 1.29 is 28.6 Å². The Morgan fingerprint density at radius 1 is 0.333 bits per heavy atom. The molecule has 0 rings (SSSR count). The first-order valence-electron chi connectivity index (χ1n) is 25.2. The highest BCUT2D eigenvalue weighted by atomic mass is 16.6. The molecule has 0 aromatic rings. The Morgan fingerprint density at radius 2 is 0.579 bits per heavy atom. The van der Waals surface area contributed by atoms with Crippen LogP contribution in [-0.2, 0) is 28.6 Å². The molecule has 0 radical (unpaired) electrons. The van der Waals surface area contributed by atoms with Crippen LogP contribution in [-0.4, -0.2) is 37.2 Å². The molecule has 0 aliphatic heterocycles. The number of carbonyl (C=O) groups is 3. The molecule has 338 valence electrons. The lowest BCUT2D eigenvalue weighted by Crippen LogP contribution is -2.30. The van der Waals surface area contributed by atoms with Gasteiger partial charge in [0.05, 0.1) is 0 Å². The summed E-state index contributed by atoms with van der Waals surface area (Å²) in [4.78, 5) is 37.8. The minimum atomic E-state index is -0.762. The SMILES string of the molecule is CCCCCCCCCCCCCCCCCCCC(=O)OC[C@@H](COC(=O)CCCCCCCCCC(C)C)OC(=O)CCCCCCCCCCCC(C)C. The Bertz CT molecular complexity index is 870. The van der Waals surface area contributed by atoms with Gasteiger partial charge in [-0.25, -0.2) is 0 Å². The van der Waals surface area contributed by atoms with Gasteiger partial charge in [0.1, 0.15) is 13.2 Å². The lowest BCUT2D eigenvalue weighted by Gasteiger charge is -2.18. The van der Waals surface area contributed by atoms with Crippen molar-refractivity contribution in [1.82, 2.24) is 0 Å². The molecule has 0 aromatic heterocycles. The van der Waals surface area contributed by atoms with Crippen molar-refractivity contribution in [2.24, 2.45) is 11.8 Å². The van der Waals surface area contributed by atoms with Crippen molar-refractivity contribution in [1.29, 1.82) is 0 Å². The number of hydrogen-bond donors (Lipinski definition) is 0. The van der Waals surface area contributed by atoms with E-state index in [1.807, 2.05) is 0 Å². The average Bonchev–Trinajstić information content (AvgIpc) is 3.18. The standard InChI is InChI=1S/C51H98O6/c1-6-7-8-9-10-11-12-13-14-15-16-17-18-21-26-31-36-41-49(52)55-44-48(45-56-50(53)42-37-32-28-23-25-30-35-40-47(4)5)57-51(54)43-38-33-27-22-19-20-24-29-34-39-46(2)3/h46-48H,6-45H2,1-5H3/t48-/m0/s1. The quantitative estimate of drug-likeness (QED) is 0.0346. The Labute approximate surface area is 355 Å². The average molecular weight is 807 g/mol. The van der Waals surface area contributed by atoms with Crippen LogP contribution in [0.2, 0.25) is 0 Å². The van der Waals surface area contributed by atoms with E-state index in [0.29, 0.717) is 19.3 Å². The molecule has 0 aliphatic rings. The highest BCUT2D eigenvalue weighted by Gasteiger charge is 2.19. The molecule has 0 amide bonds. The van der Waals surface area contributed by atoms with Crippen molar-refractivity contribution in [3.8, 4) is 0 Å². The largest absolute Gasteiger partial charge is 0.462 e. The summed E-state index contributed by atoms with van der Waals surface area (Å²) in [5.74, 6) is 0.733. The Balaban J connectivity index is 4.27. The monoisotopic (exact) mass is 807 g/mol. The van der Waals surface area contributed by atoms with Crippen LogP contribution >= 0.6 is 0 Å². The molecule has 0 unspecified atom stereocenters. The predicted molar refractivity (Wildman–Crippen MR) is 243 cm³/mol. The van der Waals surface area contributed by atoms with E-state index in [4.69, 9.17) is 14.2 Å². The molecule has 0 aliphatic carbocycles. The van der Waals surface area contributed by atoms with Crippen molar-refractivity contribution in [3.05, 3.63) is 0 Å². The fourth-order valence-electron chi connectivity index (χ4n) is 7.64. The second-order valence-corrected chi connectivity index (χ2v) is 18.4. The van der Waals surface area contributed by atoms with Gasteiger partial charge in [-0.15, -0.1) is 0 Å². The minimum absolute atomic E-state index is 0.0647. The van der Waals surface area contributed by atoms with Crippen LogP contribution in [0, 0.1) is 11.8 Å². The maximum Gasteiger partial charge on any atom is 0.306 e. The number of carbonyl (C=O) groups excluding carboxylic acids is 3. The molecule has 0 N–H and O–H groups in total. The van der Waals surface area contributed by atoms with E-state index < -0.39 is 6.10 Å². The first-order chi connectivity index (χ1) is 27.7. The third-order valence-corrected chi connectivity index (χ3v) is 11.5. The summed E-state index contributed by atoms with van der Waals surface area (Å²) in [6, 6.07) is 0. The highest BCUT2D eigenvalue weighted by Crippen LogP contribution is 2.17. The number of rotatable bonds is 45. The third kappa shape index (κ3) is 45.3. The Morgan fingerprint density at radius 3 is 0.860 bits per heavy atom. The van der Waals surface area contributed by atoms with Crippen LogP contribution in [0.4, 0.5) is 0 Å². The lowest BCUT2D eigenvalue weighted by molar-refractivity contribution is -0.167. The molecule has 0 saturated heterocycles. The molecule has 0 heterocycles. The van der Waals surface area contributed by atoms with Gasteiger partial charge in [-0.3, -0.25) is 14.4 Å². The second kappa shape index (κ2) is 44.0. The zero-order chi connectivity index (χ0) is 41.9. The number of esters is 3. The zero-order valence-corrected chi connectivity index (χ0v) is 39.0. The van der Waals surface area contributed by atoms with E-state index in [-0.39, 0.29) is 31.1 Å². The van der Waals surface area contributed by atoms with Gasteiger partial charge < -0.3 is 14.2 Å². The Hall–Kier alpha value is -1.59. The van der Waals surface area contributed by atoms with E-state index in [1.54, 1.807) is 0 Å². The number of ether oxygens (including phenoxy) is 3. The molecule has 0 aromatic carbocycles. The van der Waals surface area contributed by atoms with E-state index in [2.05, 4.69) is 34.6 Å². The summed E-state index contributed by atoms with van der Waals surface area (Å²) < 4.78 is 16.8. The van der Waals surface area contributed by atoms with Crippen LogP contribution in [0.1, 0.15) is 279 Å². The van der Waals surface area contributed by atoms with Gasteiger partial charge in [0.25, 0.3) is 0 Å². The minimum Gasteiger partial charge on any atom is -0.462 e. The third-order valence-electron chi connectivity index (χ3n) is 11.5. The molecule has 0 saturated carbocycles. The topological polar surface area (TPSA) is 78.9 Å². The molecule has 6 heteroatoms. The maximum atomic E-state index is 12.7. The van der Waals surface area contributed by atoms with Gasteiger partial charge in [-0.1, -0.05) is 240 Å². The van der Waals surface area contributed by atoms with Crippen LogP contribution in [0.15, 0.2) is 0 Å². The van der Waals surface area contributed by atoms with Crippen molar-refractivity contribution in [2.45, 2.75) is 285 Å². The number of hydrogen-bond acceptors (Lipinski definition) is 6. The van der Waals surface area contributed by atoms with Crippen molar-refractivity contribution >= 4 is 17.9 Å². The van der Waals surface area contributed by atoms with Crippen LogP contribution < -0.4 is 0 Å². The lowest BCUT2D eigenvalue weighted by atomic mass is 10.0. The van der Waals surface area contributed by atoms with Crippen LogP contribution in [0.3, 0.4) is 0 Å². The summed E-state index contributed by atoms with van der Waals surface area (Å²) in [5.41, 5.74) is 0. The fourth-order valence-corrected chi connectivity index (χ4v) is 7.64. The summed E-state index contributed by atoms with van der Waals surface area (Å²) in [7, 11) is 0. The summed E-state index contributed by atoms with van der Waals surface area (Å²) >= 11 is 0. The molecule has 0 fully saturated rings. The van der Waals surface area contributed by atoms with Crippen LogP contribution in [0.5, 0.6) is 0 Å². The maximum absolute atomic E-state index is 12.7. The smallest absolute Gasteiger partial charge is 0.306 e. The summed E-state index contributed by atoms with van der Waals surface area (Å²) in [6.45, 7) is 11.3. The molecular weight excluding hydrogens is 709 g/mol. The second-order valence-electron chi connectivity index (χ2n) is 18.4. The first-order valence-corrected chi connectivity index (χ1v) is 25.2. The molecule has 57 heavy (non-hydrogen) atoms. The van der Waals surface area contributed by atoms with E-state index >= 15 is 0 Å². The zero-order valence-electron chi connectivity index (χ0n) is 39.0. The van der Waals surface area contributed by atoms with Crippen molar-refractivity contribution in [2.75, 3.05) is 13.2 Å². The van der Waals surface area contributed by atoms with E-state index in [9.17, 15) is 14.4 Å². The molecule has 6 nitrogen and oxygen atoms in total. The van der Waals surface area contributed by atoms with Gasteiger partial charge in [-0.05, 0) is 31.1 Å². The fraction of sp³-hybridized carbons (Fsp3) is 0.941. The van der Waals surface area contributed by atoms with E-state index in [0.717, 1.165) is 69.6 Å². The van der Waals surface area contributed by atoms with Gasteiger partial charge in [0.15, 0.2) is 6.10 Å². The number of unbranched alkanes of at least 4 members (excludes halogenated alkanes) is 30. The van der Waals surface area contributed by atoms with Crippen LogP contribution in [0.25, 0.3) is 0 Å². The normalized spacial score (nSPS) is 12.1.